The Kier molecular flexibility index (Phi) is 5.33. The molecule has 0 aliphatic rings. The Balaban J connectivity index is 3.87. The second-order valence-corrected chi connectivity index (χ2v) is 3.84. The molecule has 0 saturated heterocycles. The van der Waals surface area contributed by atoms with E-state index in [4.69, 9.17) is 5.11 Å². The van der Waals surface area contributed by atoms with Gasteiger partial charge in [0.2, 0.25) is 5.91 Å². The molecular formula is C8H17NO2S. The fourth-order valence-electron chi connectivity index (χ4n) is 0.677. The minimum absolute atomic E-state index is 0.0374. The summed E-state index contributed by atoms with van der Waals surface area (Å²) in [5, 5.41) is 11.0. The van der Waals surface area contributed by atoms with Gasteiger partial charge in [-0.25, -0.2) is 0 Å². The Hall–Kier alpha value is -0.220. The molecule has 0 bridgehead atoms. The standard InChI is InChI=1S/C8H17NO2S/c1-5(2)7(12)8(11)9-6(3)4-10/h5-7,10,12H,4H2,1-3H3,(H,9,11). The second kappa shape index (κ2) is 5.43. The van der Waals surface area contributed by atoms with E-state index in [2.05, 4.69) is 17.9 Å². The molecule has 0 aliphatic heterocycles. The molecule has 4 heteroatoms. The van der Waals surface area contributed by atoms with Crippen LogP contribution in [0.15, 0.2) is 0 Å². The molecule has 0 heterocycles. The molecule has 0 aliphatic carbocycles. The lowest BCUT2D eigenvalue weighted by molar-refractivity contribution is -0.122. The number of carbonyl (C=O) groups excluding carboxylic acids is 1. The maximum atomic E-state index is 11.3. The van der Waals surface area contributed by atoms with Gasteiger partial charge in [-0.3, -0.25) is 4.79 Å². The highest BCUT2D eigenvalue weighted by Gasteiger charge is 2.18. The molecule has 2 atom stereocenters. The first-order valence-corrected chi connectivity index (χ1v) is 4.60. The van der Waals surface area contributed by atoms with Crippen LogP contribution in [0.3, 0.4) is 0 Å². The van der Waals surface area contributed by atoms with E-state index < -0.39 is 0 Å². The molecule has 1 amide bonds. The topological polar surface area (TPSA) is 49.3 Å². The smallest absolute Gasteiger partial charge is 0.233 e. The normalized spacial score (nSPS) is 15.8. The van der Waals surface area contributed by atoms with Crippen molar-refractivity contribution in [3.8, 4) is 0 Å². The number of thiol groups is 1. The molecule has 0 saturated carbocycles. The van der Waals surface area contributed by atoms with Crippen molar-refractivity contribution < 1.29 is 9.90 Å². The van der Waals surface area contributed by atoms with Gasteiger partial charge in [0.15, 0.2) is 0 Å². The van der Waals surface area contributed by atoms with Crippen LogP contribution in [0.4, 0.5) is 0 Å². The largest absolute Gasteiger partial charge is 0.394 e. The van der Waals surface area contributed by atoms with E-state index in [0.29, 0.717) is 0 Å². The van der Waals surface area contributed by atoms with Crippen LogP contribution < -0.4 is 5.32 Å². The average Bonchev–Trinajstić information content (AvgIpc) is 2.02. The van der Waals surface area contributed by atoms with Crippen LogP contribution in [-0.4, -0.2) is 28.9 Å². The molecule has 72 valence electrons. The van der Waals surface area contributed by atoms with Gasteiger partial charge < -0.3 is 10.4 Å². The number of aliphatic hydroxyl groups is 1. The first-order chi connectivity index (χ1) is 5.49. The van der Waals surface area contributed by atoms with Crippen molar-refractivity contribution >= 4 is 18.5 Å². The van der Waals surface area contributed by atoms with Gasteiger partial charge in [0.05, 0.1) is 11.9 Å². The van der Waals surface area contributed by atoms with E-state index in [9.17, 15) is 4.79 Å². The molecule has 2 N–H and O–H groups in total. The van der Waals surface area contributed by atoms with Crippen LogP contribution in [0.25, 0.3) is 0 Å². The molecule has 0 aromatic carbocycles. The highest BCUT2D eigenvalue weighted by molar-refractivity contribution is 7.81. The Morgan fingerprint density at radius 1 is 1.50 bits per heavy atom. The van der Waals surface area contributed by atoms with Crippen molar-refractivity contribution in [1.82, 2.24) is 5.32 Å². The van der Waals surface area contributed by atoms with Crippen molar-refractivity contribution in [3.63, 3.8) is 0 Å². The van der Waals surface area contributed by atoms with Gasteiger partial charge in [0, 0.05) is 6.04 Å². The van der Waals surface area contributed by atoms with Crippen LogP contribution in [0.5, 0.6) is 0 Å². The number of amides is 1. The van der Waals surface area contributed by atoms with E-state index in [1.807, 2.05) is 13.8 Å². The summed E-state index contributed by atoms with van der Waals surface area (Å²) in [4.78, 5) is 11.3. The molecule has 12 heavy (non-hydrogen) atoms. The number of hydrogen-bond acceptors (Lipinski definition) is 3. The van der Waals surface area contributed by atoms with Gasteiger partial charge in [-0.2, -0.15) is 12.6 Å². The van der Waals surface area contributed by atoms with Crippen molar-refractivity contribution in [1.29, 1.82) is 0 Å². The van der Waals surface area contributed by atoms with Crippen molar-refractivity contribution in [2.75, 3.05) is 6.61 Å². The average molecular weight is 191 g/mol. The molecule has 0 radical (unpaired) electrons. The summed E-state index contributed by atoms with van der Waals surface area (Å²) in [6.07, 6.45) is 0. The zero-order valence-corrected chi connectivity index (χ0v) is 8.64. The fourth-order valence-corrected chi connectivity index (χ4v) is 0.751. The summed E-state index contributed by atoms with van der Waals surface area (Å²) in [5.74, 6) is 0.0918. The summed E-state index contributed by atoms with van der Waals surface area (Å²) in [6.45, 7) is 5.57. The first kappa shape index (κ1) is 11.8. The fraction of sp³-hybridized carbons (Fsp3) is 0.875. The lowest BCUT2D eigenvalue weighted by Gasteiger charge is -2.17. The predicted octanol–water partition coefficient (Wildman–Crippen LogP) is 0.438. The van der Waals surface area contributed by atoms with Gasteiger partial charge >= 0.3 is 0 Å². The Morgan fingerprint density at radius 2 is 2.00 bits per heavy atom. The lowest BCUT2D eigenvalue weighted by Crippen LogP contribution is -2.41. The predicted molar refractivity (Wildman–Crippen MR) is 52.3 cm³/mol. The number of nitrogens with one attached hydrogen (secondary N) is 1. The Bertz CT molecular complexity index is 150. The minimum atomic E-state index is -0.293. The summed E-state index contributed by atoms with van der Waals surface area (Å²) in [6, 6.07) is -0.189. The van der Waals surface area contributed by atoms with Crippen LogP contribution in [0, 0.1) is 5.92 Å². The SMILES string of the molecule is CC(CO)NC(=O)C(S)C(C)C. The van der Waals surface area contributed by atoms with Crippen LogP contribution in [-0.2, 0) is 4.79 Å². The third-order valence-electron chi connectivity index (χ3n) is 1.56. The van der Waals surface area contributed by atoms with E-state index in [-0.39, 0.29) is 29.7 Å². The second-order valence-electron chi connectivity index (χ2n) is 3.28. The summed E-state index contributed by atoms with van der Waals surface area (Å²) in [7, 11) is 0. The molecule has 0 spiro atoms. The monoisotopic (exact) mass is 191 g/mol. The molecule has 3 nitrogen and oxygen atoms in total. The maximum absolute atomic E-state index is 11.3. The van der Waals surface area contributed by atoms with E-state index >= 15 is 0 Å². The van der Waals surface area contributed by atoms with Gasteiger partial charge in [0.25, 0.3) is 0 Å². The highest BCUT2D eigenvalue weighted by atomic mass is 32.1. The molecular weight excluding hydrogens is 174 g/mol. The molecule has 0 aromatic heterocycles. The van der Waals surface area contributed by atoms with Gasteiger partial charge in [-0.1, -0.05) is 13.8 Å². The van der Waals surface area contributed by atoms with Crippen molar-refractivity contribution in [2.45, 2.75) is 32.1 Å². The lowest BCUT2D eigenvalue weighted by atomic mass is 10.1. The van der Waals surface area contributed by atoms with Gasteiger partial charge in [-0.15, -0.1) is 0 Å². The molecule has 0 rings (SSSR count). The zero-order valence-electron chi connectivity index (χ0n) is 7.74. The van der Waals surface area contributed by atoms with E-state index in [0.717, 1.165) is 0 Å². The van der Waals surface area contributed by atoms with Gasteiger partial charge in [0.1, 0.15) is 0 Å². The number of carbonyl (C=O) groups is 1. The summed E-state index contributed by atoms with van der Waals surface area (Å²) >= 11 is 4.14. The van der Waals surface area contributed by atoms with Crippen LogP contribution in [0.2, 0.25) is 0 Å². The number of hydrogen-bond donors (Lipinski definition) is 3. The maximum Gasteiger partial charge on any atom is 0.233 e. The van der Waals surface area contributed by atoms with Crippen LogP contribution in [0.1, 0.15) is 20.8 Å². The first-order valence-electron chi connectivity index (χ1n) is 4.08. The van der Waals surface area contributed by atoms with Crippen molar-refractivity contribution in [3.05, 3.63) is 0 Å². The third kappa shape index (κ3) is 3.97. The molecule has 0 fully saturated rings. The summed E-state index contributed by atoms with van der Waals surface area (Å²) in [5.41, 5.74) is 0. The van der Waals surface area contributed by atoms with Crippen molar-refractivity contribution in [2.24, 2.45) is 5.92 Å². The minimum Gasteiger partial charge on any atom is -0.394 e. The van der Waals surface area contributed by atoms with E-state index in [1.165, 1.54) is 0 Å². The molecule has 2 unspecified atom stereocenters. The quantitative estimate of drug-likeness (QED) is 0.565. The molecule has 0 aromatic rings. The highest BCUT2D eigenvalue weighted by Crippen LogP contribution is 2.08. The van der Waals surface area contributed by atoms with E-state index in [1.54, 1.807) is 6.92 Å². The Morgan fingerprint density at radius 3 is 2.33 bits per heavy atom. The summed E-state index contributed by atoms with van der Waals surface area (Å²) < 4.78 is 0. The Labute approximate surface area is 79.0 Å². The van der Waals surface area contributed by atoms with Crippen LogP contribution >= 0.6 is 12.6 Å². The zero-order chi connectivity index (χ0) is 9.72. The number of rotatable bonds is 4. The van der Waals surface area contributed by atoms with Gasteiger partial charge in [-0.05, 0) is 12.8 Å². The third-order valence-corrected chi connectivity index (χ3v) is 2.39. The number of aliphatic hydroxyl groups excluding tert-OH is 1.